The number of nitrogens with zero attached hydrogens (tertiary/aromatic N) is 2. The van der Waals surface area contributed by atoms with Crippen molar-refractivity contribution in [3.63, 3.8) is 0 Å². The van der Waals surface area contributed by atoms with E-state index in [1.165, 1.54) is 0 Å². The fourth-order valence-corrected chi connectivity index (χ4v) is 1.72. The summed E-state index contributed by atoms with van der Waals surface area (Å²) in [4.78, 5) is 0. The van der Waals surface area contributed by atoms with E-state index in [0.717, 1.165) is 5.69 Å². The van der Waals surface area contributed by atoms with Crippen LogP contribution in [0, 0.1) is 11.7 Å². The van der Waals surface area contributed by atoms with Gasteiger partial charge in [-0.15, -0.1) is 0 Å². The lowest BCUT2D eigenvalue weighted by Gasteiger charge is -2.37. The molecule has 2 aromatic rings. The van der Waals surface area contributed by atoms with E-state index in [-0.39, 0.29) is 11.0 Å². The lowest BCUT2D eigenvalue weighted by atomic mass is 9.76. The maximum absolute atomic E-state index is 3.41. The van der Waals surface area contributed by atoms with Gasteiger partial charge < -0.3 is 9.13 Å². The number of para-hydroxylation sites is 1. The van der Waals surface area contributed by atoms with Gasteiger partial charge in [0.05, 0.1) is 11.2 Å². The molecule has 2 rings (SSSR count). The second-order valence-corrected chi connectivity index (χ2v) is 6.28. The zero-order chi connectivity index (χ0) is 13.4. The van der Waals surface area contributed by atoms with Gasteiger partial charge in [0.2, 0.25) is 6.33 Å². The third kappa shape index (κ3) is 2.20. The fourth-order valence-electron chi connectivity index (χ4n) is 1.72. The van der Waals surface area contributed by atoms with Gasteiger partial charge in [-0.1, -0.05) is 51.1 Å². The Kier molecular flexibility index (Phi) is 3.05. The van der Waals surface area contributed by atoms with Gasteiger partial charge in [-0.2, -0.15) is 0 Å². The van der Waals surface area contributed by atoms with Crippen molar-refractivity contribution in [2.75, 3.05) is 0 Å². The lowest BCUT2D eigenvalue weighted by molar-refractivity contribution is -0.600. The molecule has 0 saturated heterocycles. The zero-order valence-corrected chi connectivity index (χ0v) is 11.9. The van der Waals surface area contributed by atoms with E-state index >= 15 is 0 Å². The Labute approximate surface area is 110 Å². The van der Waals surface area contributed by atoms with E-state index in [4.69, 9.17) is 0 Å². The Morgan fingerprint density at radius 3 is 2.17 bits per heavy atom. The molecule has 0 N–H and O–H groups in total. The minimum absolute atomic E-state index is 0.0209. The molecular weight excluding hydrogens is 220 g/mol. The third-order valence-corrected chi connectivity index (χ3v) is 4.05. The van der Waals surface area contributed by atoms with Crippen LogP contribution in [-0.4, -0.2) is 4.57 Å². The molecule has 96 valence electrons. The maximum atomic E-state index is 3.41. The molecule has 0 saturated carbocycles. The van der Waals surface area contributed by atoms with Crippen molar-refractivity contribution >= 4 is 0 Å². The molecule has 0 aliphatic heterocycles. The molecule has 2 nitrogen and oxygen atoms in total. The van der Waals surface area contributed by atoms with Crippen LogP contribution in [0.25, 0.3) is 5.69 Å². The van der Waals surface area contributed by atoms with Gasteiger partial charge in [0.15, 0.2) is 0 Å². The van der Waals surface area contributed by atoms with Crippen molar-refractivity contribution in [3.05, 3.63) is 49.1 Å². The van der Waals surface area contributed by atoms with Crippen LogP contribution >= 0.6 is 0 Å². The van der Waals surface area contributed by atoms with E-state index in [2.05, 4.69) is 70.0 Å². The predicted molar refractivity (Wildman–Crippen MR) is 73.6 cm³/mol. The van der Waals surface area contributed by atoms with E-state index < -0.39 is 0 Å². The number of imidazole rings is 1. The summed E-state index contributed by atoms with van der Waals surface area (Å²) in [5, 5.41) is 0. The number of hydrogen-bond donors (Lipinski definition) is 0. The fraction of sp³-hybridized carbons (Fsp3) is 0.438. The molecule has 0 amide bonds. The largest absolute Gasteiger partial charge is 0.326 e. The average Bonchev–Trinajstić information content (AvgIpc) is 2.78. The highest BCUT2D eigenvalue weighted by molar-refractivity contribution is 5.21. The Bertz CT molecular complexity index is 516. The van der Waals surface area contributed by atoms with Gasteiger partial charge in [-0.05, 0) is 13.8 Å². The average molecular weight is 242 g/mol. The molecule has 1 aromatic carbocycles. The first kappa shape index (κ1) is 12.9. The van der Waals surface area contributed by atoms with E-state index in [1.807, 2.05) is 22.8 Å². The third-order valence-electron chi connectivity index (χ3n) is 4.05. The standard InChI is InChI=1S/C16H22N2/c1-15(2,3)16(4,5)18-12-11-17(13-18)14-9-7-6-8-10-14/h6-12H,1-5H3. The van der Waals surface area contributed by atoms with Crippen LogP contribution in [0.5, 0.6) is 0 Å². The lowest BCUT2D eigenvalue weighted by Crippen LogP contribution is -2.41. The highest BCUT2D eigenvalue weighted by atomic mass is 15.2. The second-order valence-electron chi connectivity index (χ2n) is 6.28. The molecule has 1 aromatic heterocycles. The van der Waals surface area contributed by atoms with Crippen LogP contribution < -0.4 is 4.57 Å². The molecular formula is C16H22N2. The van der Waals surface area contributed by atoms with Crippen molar-refractivity contribution in [1.29, 1.82) is 0 Å². The molecule has 0 aliphatic carbocycles. The van der Waals surface area contributed by atoms with Crippen molar-refractivity contribution < 1.29 is 4.57 Å². The number of hydrogen-bond acceptors (Lipinski definition) is 0. The van der Waals surface area contributed by atoms with Gasteiger partial charge >= 0.3 is 0 Å². The predicted octanol–water partition coefficient (Wildman–Crippen LogP) is 3.35. The Hall–Kier alpha value is -1.57. The maximum Gasteiger partial charge on any atom is 0.243 e. The molecule has 1 heterocycles. The number of rotatable bonds is 2. The smallest absolute Gasteiger partial charge is 0.243 e. The second kappa shape index (κ2) is 4.27. The molecule has 0 radical (unpaired) electrons. The Morgan fingerprint density at radius 2 is 1.61 bits per heavy atom. The first-order valence-corrected chi connectivity index (χ1v) is 6.40. The van der Waals surface area contributed by atoms with Gasteiger partial charge in [0, 0.05) is 17.8 Å². The molecule has 0 aliphatic rings. The van der Waals surface area contributed by atoms with Crippen molar-refractivity contribution in [2.45, 2.75) is 40.2 Å². The molecule has 0 atom stereocenters. The van der Waals surface area contributed by atoms with Crippen LogP contribution in [-0.2, 0) is 5.54 Å². The Balaban J connectivity index is 2.38. The van der Waals surface area contributed by atoms with E-state index in [1.54, 1.807) is 0 Å². The quantitative estimate of drug-likeness (QED) is 0.564. The molecule has 0 spiro atoms. The summed E-state index contributed by atoms with van der Waals surface area (Å²) in [5.41, 5.74) is 1.34. The van der Waals surface area contributed by atoms with Crippen LogP contribution in [0.4, 0.5) is 0 Å². The van der Waals surface area contributed by atoms with Crippen molar-refractivity contribution in [3.8, 4) is 5.69 Å². The van der Waals surface area contributed by atoms with Gasteiger partial charge in [0.1, 0.15) is 0 Å². The SMILES string of the molecule is CC(C)(C)C(C)(C)n1[c-][n+](-c2ccccc2)cc1. The molecule has 2 heteroatoms. The van der Waals surface area contributed by atoms with Gasteiger partial charge in [-0.3, -0.25) is 0 Å². The van der Waals surface area contributed by atoms with Crippen LogP contribution in [0.3, 0.4) is 0 Å². The zero-order valence-electron chi connectivity index (χ0n) is 11.9. The van der Waals surface area contributed by atoms with Crippen LogP contribution in [0.2, 0.25) is 0 Å². The number of aromatic nitrogens is 2. The summed E-state index contributed by atoms with van der Waals surface area (Å²) >= 11 is 0. The van der Waals surface area contributed by atoms with Crippen molar-refractivity contribution in [2.24, 2.45) is 5.41 Å². The first-order chi connectivity index (χ1) is 8.32. The van der Waals surface area contributed by atoms with Crippen LogP contribution in [0.1, 0.15) is 34.6 Å². The first-order valence-electron chi connectivity index (χ1n) is 6.40. The minimum atomic E-state index is 0.0209. The topological polar surface area (TPSA) is 8.81 Å². The van der Waals surface area contributed by atoms with E-state index in [0.29, 0.717) is 0 Å². The monoisotopic (exact) mass is 242 g/mol. The highest BCUT2D eigenvalue weighted by Gasteiger charge is 2.36. The summed E-state index contributed by atoms with van der Waals surface area (Å²) in [6.07, 6.45) is 7.56. The minimum Gasteiger partial charge on any atom is -0.326 e. The summed E-state index contributed by atoms with van der Waals surface area (Å²) in [7, 11) is 0. The normalized spacial score (nSPS) is 12.7. The molecule has 0 fully saturated rings. The molecule has 18 heavy (non-hydrogen) atoms. The summed E-state index contributed by atoms with van der Waals surface area (Å²) < 4.78 is 4.20. The molecule has 0 bridgehead atoms. The highest BCUT2D eigenvalue weighted by Crippen LogP contribution is 2.35. The summed E-state index contributed by atoms with van der Waals surface area (Å²) in [6, 6.07) is 10.3. The summed E-state index contributed by atoms with van der Waals surface area (Å²) in [6.45, 7) is 11.3. The van der Waals surface area contributed by atoms with Gasteiger partial charge in [-0.25, -0.2) is 0 Å². The van der Waals surface area contributed by atoms with Crippen LogP contribution in [0.15, 0.2) is 42.7 Å². The van der Waals surface area contributed by atoms with E-state index in [9.17, 15) is 0 Å². The van der Waals surface area contributed by atoms with Crippen molar-refractivity contribution in [1.82, 2.24) is 4.57 Å². The molecule has 0 unspecified atom stereocenters. The summed E-state index contributed by atoms with van der Waals surface area (Å²) in [5.74, 6) is 0. The Morgan fingerprint density at radius 1 is 1.00 bits per heavy atom. The number of benzene rings is 1. The van der Waals surface area contributed by atoms with Gasteiger partial charge in [0.25, 0.3) is 0 Å².